The molecule has 0 bridgehead atoms. The predicted molar refractivity (Wildman–Crippen MR) is 71.3 cm³/mol. The molecular weight excluding hydrogens is 272 g/mol. The van der Waals surface area contributed by atoms with E-state index in [2.05, 4.69) is 5.32 Å². The molecule has 0 saturated carbocycles. The normalized spacial score (nSPS) is 13.4. The largest absolute Gasteiger partial charge is 0.480 e. The molecule has 0 spiro atoms. The van der Waals surface area contributed by atoms with Gasteiger partial charge in [-0.3, -0.25) is 9.59 Å². The number of carbonyl (C=O) groups excluding carboxylic acids is 1. The van der Waals surface area contributed by atoms with E-state index in [0.29, 0.717) is 6.42 Å². The number of nitrogens with two attached hydrogens (primary N) is 1. The Morgan fingerprint density at radius 1 is 1.26 bits per heavy atom. The maximum atomic E-state index is 11.5. The molecule has 0 radical (unpaired) electrons. The van der Waals surface area contributed by atoms with Gasteiger partial charge in [0, 0.05) is 13.0 Å². The molecule has 0 aliphatic carbocycles. The van der Waals surface area contributed by atoms with Gasteiger partial charge in [0.2, 0.25) is 5.91 Å². The van der Waals surface area contributed by atoms with Gasteiger partial charge in [-0.2, -0.15) is 0 Å². The zero-order valence-corrected chi connectivity index (χ0v) is 12.1. The summed E-state index contributed by atoms with van der Waals surface area (Å²) >= 11 is 0. The second-order valence-electron chi connectivity index (χ2n) is 4.84. The Morgan fingerprint density at radius 3 is 2.26 bits per heavy atom. The SMILES string of the molecule is CC(C)CC(NCCS(=O)(=O)CCC(N)=O)C(=O)O. The lowest BCUT2D eigenvalue weighted by Crippen LogP contribution is -2.40. The van der Waals surface area contributed by atoms with Crippen LogP contribution in [0.25, 0.3) is 0 Å². The molecule has 0 aromatic heterocycles. The number of amides is 1. The minimum atomic E-state index is -3.38. The molecule has 0 aromatic carbocycles. The van der Waals surface area contributed by atoms with E-state index in [1.165, 1.54) is 0 Å². The van der Waals surface area contributed by atoms with E-state index < -0.39 is 27.8 Å². The van der Waals surface area contributed by atoms with Crippen LogP contribution in [0.3, 0.4) is 0 Å². The van der Waals surface area contributed by atoms with Gasteiger partial charge in [-0.05, 0) is 12.3 Å². The van der Waals surface area contributed by atoms with E-state index in [1.54, 1.807) is 0 Å². The molecule has 0 aliphatic rings. The maximum Gasteiger partial charge on any atom is 0.320 e. The lowest BCUT2D eigenvalue weighted by molar-refractivity contribution is -0.139. The van der Waals surface area contributed by atoms with Crippen molar-refractivity contribution in [3.05, 3.63) is 0 Å². The first-order valence-electron chi connectivity index (χ1n) is 6.09. The molecule has 0 rings (SSSR count). The molecule has 19 heavy (non-hydrogen) atoms. The standard InChI is InChI=1S/C11H22N2O5S/c1-8(2)7-9(11(15)16)13-4-6-19(17,18)5-3-10(12)14/h8-9,13H,3-7H2,1-2H3,(H2,12,14)(H,15,16). The number of rotatable bonds is 10. The van der Waals surface area contributed by atoms with Gasteiger partial charge in [0.15, 0.2) is 9.84 Å². The molecule has 0 saturated heterocycles. The fourth-order valence-electron chi connectivity index (χ4n) is 1.49. The van der Waals surface area contributed by atoms with E-state index in [0.717, 1.165) is 0 Å². The number of primary amides is 1. The second kappa shape index (κ2) is 8.11. The lowest BCUT2D eigenvalue weighted by Gasteiger charge is -2.16. The molecular formula is C11H22N2O5S. The Hall–Kier alpha value is -1.15. The van der Waals surface area contributed by atoms with Crippen molar-refractivity contribution in [1.82, 2.24) is 5.32 Å². The fourth-order valence-corrected chi connectivity index (χ4v) is 2.63. The molecule has 0 heterocycles. The van der Waals surface area contributed by atoms with Crippen LogP contribution in [0.15, 0.2) is 0 Å². The molecule has 1 atom stereocenters. The highest BCUT2D eigenvalue weighted by molar-refractivity contribution is 7.91. The smallest absolute Gasteiger partial charge is 0.320 e. The number of hydrogen-bond acceptors (Lipinski definition) is 5. The Bertz CT molecular complexity index is 405. The van der Waals surface area contributed by atoms with Gasteiger partial charge in [0.1, 0.15) is 6.04 Å². The van der Waals surface area contributed by atoms with Crippen molar-refractivity contribution in [1.29, 1.82) is 0 Å². The first kappa shape index (κ1) is 17.8. The summed E-state index contributed by atoms with van der Waals surface area (Å²) in [5, 5.41) is 11.7. The average Bonchev–Trinajstić information content (AvgIpc) is 2.24. The molecule has 8 heteroatoms. The monoisotopic (exact) mass is 294 g/mol. The Labute approximate surface area is 113 Å². The zero-order chi connectivity index (χ0) is 15.1. The minimum Gasteiger partial charge on any atom is -0.480 e. The second-order valence-corrected chi connectivity index (χ2v) is 7.15. The van der Waals surface area contributed by atoms with E-state index in [-0.39, 0.29) is 30.4 Å². The highest BCUT2D eigenvalue weighted by atomic mass is 32.2. The van der Waals surface area contributed by atoms with Crippen LogP contribution in [0, 0.1) is 5.92 Å². The number of carboxylic acid groups (broad SMARTS) is 1. The Balaban J connectivity index is 4.17. The van der Waals surface area contributed by atoms with Gasteiger partial charge in [0.05, 0.1) is 11.5 Å². The van der Waals surface area contributed by atoms with Crippen LogP contribution in [-0.2, 0) is 19.4 Å². The van der Waals surface area contributed by atoms with Gasteiger partial charge in [-0.1, -0.05) is 13.8 Å². The molecule has 0 aliphatic heterocycles. The summed E-state index contributed by atoms with van der Waals surface area (Å²) in [5.41, 5.74) is 4.87. The number of carboxylic acids is 1. The number of aliphatic carboxylic acids is 1. The predicted octanol–water partition coefficient (Wildman–Crippen LogP) is -0.634. The van der Waals surface area contributed by atoms with E-state index in [4.69, 9.17) is 10.8 Å². The molecule has 1 amide bonds. The third-order valence-corrected chi connectivity index (χ3v) is 4.12. The van der Waals surface area contributed by atoms with Crippen molar-refractivity contribution in [2.24, 2.45) is 11.7 Å². The third-order valence-electron chi connectivity index (χ3n) is 2.47. The van der Waals surface area contributed by atoms with Gasteiger partial charge < -0.3 is 16.2 Å². The Morgan fingerprint density at radius 2 is 1.84 bits per heavy atom. The average molecular weight is 294 g/mol. The summed E-state index contributed by atoms with van der Waals surface area (Å²) in [5.74, 6) is -1.98. The van der Waals surface area contributed by atoms with Crippen molar-refractivity contribution in [3.63, 3.8) is 0 Å². The summed E-state index contributed by atoms with van der Waals surface area (Å²) in [6, 6.07) is -0.758. The fraction of sp³-hybridized carbons (Fsp3) is 0.818. The summed E-state index contributed by atoms with van der Waals surface area (Å²) in [4.78, 5) is 21.4. The van der Waals surface area contributed by atoms with Gasteiger partial charge >= 0.3 is 5.97 Å². The van der Waals surface area contributed by atoms with Crippen LogP contribution < -0.4 is 11.1 Å². The van der Waals surface area contributed by atoms with Crippen LogP contribution >= 0.6 is 0 Å². The Kier molecular flexibility index (Phi) is 7.62. The van der Waals surface area contributed by atoms with Crippen LogP contribution in [0.1, 0.15) is 26.7 Å². The quantitative estimate of drug-likeness (QED) is 0.492. The summed E-state index contributed by atoms with van der Waals surface area (Å²) in [6.45, 7) is 3.83. The first-order chi connectivity index (χ1) is 8.64. The molecule has 4 N–H and O–H groups in total. The first-order valence-corrected chi connectivity index (χ1v) is 7.91. The van der Waals surface area contributed by atoms with Crippen LogP contribution in [0.2, 0.25) is 0 Å². The van der Waals surface area contributed by atoms with Gasteiger partial charge in [-0.25, -0.2) is 8.42 Å². The van der Waals surface area contributed by atoms with Crippen molar-refractivity contribution in [2.45, 2.75) is 32.7 Å². The highest BCUT2D eigenvalue weighted by Crippen LogP contribution is 2.05. The van der Waals surface area contributed by atoms with Gasteiger partial charge in [-0.15, -0.1) is 0 Å². The minimum absolute atomic E-state index is 0.0464. The highest BCUT2D eigenvalue weighted by Gasteiger charge is 2.19. The zero-order valence-electron chi connectivity index (χ0n) is 11.3. The summed E-state index contributed by atoms with van der Waals surface area (Å²) < 4.78 is 23.0. The van der Waals surface area contributed by atoms with Crippen LogP contribution in [0.4, 0.5) is 0 Å². The number of carbonyl (C=O) groups is 2. The summed E-state index contributed by atoms with van der Waals surface area (Å²) in [7, 11) is -3.38. The molecule has 1 unspecified atom stereocenters. The third kappa shape index (κ3) is 9.43. The number of sulfone groups is 1. The number of nitrogens with one attached hydrogen (secondary N) is 1. The molecule has 112 valence electrons. The maximum absolute atomic E-state index is 11.5. The molecule has 7 nitrogen and oxygen atoms in total. The number of hydrogen-bond donors (Lipinski definition) is 3. The van der Waals surface area contributed by atoms with Crippen molar-refractivity contribution in [3.8, 4) is 0 Å². The van der Waals surface area contributed by atoms with E-state index in [1.807, 2.05) is 13.8 Å². The van der Waals surface area contributed by atoms with Crippen molar-refractivity contribution >= 4 is 21.7 Å². The van der Waals surface area contributed by atoms with E-state index in [9.17, 15) is 18.0 Å². The van der Waals surface area contributed by atoms with Crippen molar-refractivity contribution in [2.75, 3.05) is 18.1 Å². The summed E-state index contributed by atoms with van der Waals surface area (Å²) in [6.07, 6.45) is 0.216. The van der Waals surface area contributed by atoms with Gasteiger partial charge in [0.25, 0.3) is 0 Å². The van der Waals surface area contributed by atoms with Crippen molar-refractivity contribution < 1.29 is 23.1 Å². The topological polar surface area (TPSA) is 127 Å². The van der Waals surface area contributed by atoms with E-state index >= 15 is 0 Å². The molecule has 0 aromatic rings. The molecule has 0 fully saturated rings. The van der Waals surface area contributed by atoms with Crippen LogP contribution in [-0.4, -0.2) is 49.5 Å². The lowest BCUT2D eigenvalue weighted by atomic mass is 10.0. The van der Waals surface area contributed by atoms with Crippen LogP contribution in [0.5, 0.6) is 0 Å².